The van der Waals surface area contributed by atoms with E-state index in [-0.39, 0.29) is 10.7 Å². The number of nitrogens with zero attached hydrogens (tertiary/aromatic N) is 4. The molecule has 0 radical (unpaired) electrons. The van der Waals surface area contributed by atoms with E-state index in [1.807, 2.05) is 20.8 Å². The Labute approximate surface area is 126 Å². The van der Waals surface area contributed by atoms with Crippen LogP contribution in [0.1, 0.15) is 33.1 Å². The van der Waals surface area contributed by atoms with Crippen molar-refractivity contribution in [3.05, 3.63) is 33.5 Å². The number of carbonyl (C=O) groups excluding carboxylic acids is 1. The van der Waals surface area contributed by atoms with Crippen LogP contribution in [0.4, 0.5) is 0 Å². The predicted octanol–water partition coefficient (Wildman–Crippen LogP) is 3.12. The average molecular weight is 309 g/mol. The minimum atomic E-state index is 0.149. The zero-order chi connectivity index (χ0) is 14.9. The van der Waals surface area contributed by atoms with Crippen molar-refractivity contribution < 1.29 is 4.79 Å². The predicted molar refractivity (Wildman–Crippen MR) is 77.5 cm³/mol. The van der Waals surface area contributed by atoms with E-state index in [9.17, 15) is 4.79 Å². The molecule has 2 heterocycles. The second kappa shape index (κ2) is 5.85. The monoisotopic (exact) mass is 308 g/mol. The van der Waals surface area contributed by atoms with Crippen LogP contribution in [0.3, 0.4) is 0 Å². The lowest BCUT2D eigenvalue weighted by molar-refractivity contribution is 0.112. The van der Waals surface area contributed by atoms with Gasteiger partial charge in [0.05, 0.1) is 5.56 Å². The first-order valence-electron chi connectivity index (χ1n) is 5.91. The summed E-state index contributed by atoms with van der Waals surface area (Å²) in [4.78, 5) is 28.1. The summed E-state index contributed by atoms with van der Waals surface area (Å²) in [5, 5.41) is 1.17. The summed E-state index contributed by atoms with van der Waals surface area (Å²) in [6.07, 6.45) is 0.651. The zero-order valence-electron chi connectivity index (χ0n) is 11.6. The van der Waals surface area contributed by atoms with E-state index in [1.54, 1.807) is 6.92 Å². The molecule has 0 amide bonds. The van der Waals surface area contributed by atoms with Crippen molar-refractivity contribution in [3.8, 4) is 0 Å². The fourth-order valence-corrected chi connectivity index (χ4v) is 2.86. The highest BCUT2D eigenvalue weighted by Crippen LogP contribution is 2.29. The van der Waals surface area contributed by atoms with E-state index in [1.165, 1.54) is 11.8 Å². The molecule has 0 aliphatic carbocycles. The smallest absolute Gasteiger partial charge is 0.194 e. The Morgan fingerprint density at radius 3 is 2.15 bits per heavy atom. The number of carbonyl (C=O) groups is 1. The highest BCUT2D eigenvalue weighted by Gasteiger charge is 2.15. The van der Waals surface area contributed by atoms with E-state index in [0.29, 0.717) is 22.3 Å². The van der Waals surface area contributed by atoms with Crippen LogP contribution in [0.2, 0.25) is 5.15 Å². The van der Waals surface area contributed by atoms with Crippen LogP contribution < -0.4 is 0 Å². The van der Waals surface area contributed by atoms with Crippen molar-refractivity contribution in [1.29, 1.82) is 0 Å². The van der Waals surface area contributed by atoms with Gasteiger partial charge >= 0.3 is 0 Å². The third-order valence-corrected chi connectivity index (χ3v) is 4.05. The number of rotatable bonds is 3. The maximum Gasteiger partial charge on any atom is 0.194 e. The van der Waals surface area contributed by atoms with Crippen LogP contribution in [-0.2, 0) is 0 Å². The third-order valence-electron chi connectivity index (χ3n) is 2.89. The molecular formula is C13H13ClN4OS. The summed E-state index contributed by atoms with van der Waals surface area (Å²) in [5.74, 6) is 0.503. The van der Waals surface area contributed by atoms with Crippen molar-refractivity contribution >= 4 is 29.6 Å². The van der Waals surface area contributed by atoms with Gasteiger partial charge in [-0.25, -0.2) is 19.9 Å². The molecule has 0 bridgehead atoms. The molecule has 0 saturated heterocycles. The van der Waals surface area contributed by atoms with E-state index in [2.05, 4.69) is 19.9 Å². The fraction of sp³-hybridized carbons (Fsp3) is 0.308. The molecule has 0 spiro atoms. The van der Waals surface area contributed by atoms with Gasteiger partial charge in [-0.2, -0.15) is 0 Å². The first-order valence-corrected chi connectivity index (χ1v) is 7.10. The van der Waals surface area contributed by atoms with Gasteiger partial charge in [0.25, 0.3) is 0 Å². The number of hydrogen-bond acceptors (Lipinski definition) is 6. The Balaban J connectivity index is 2.47. The van der Waals surface area contributed by atoms with Crippen molar-refractivity contribution in [2.24, 2.45) is 0 Å². The molecule has 5 nitrogen and oxygen atoms in total. The van der Waals surface area contributed by atoms with Crippen molar-refractivity contribution in [2.45, 2.75) is 37.9 Å². The van der Waals surface area contributed by atoms with Gasteiger partial charge in [-0.05, 0) is 45.0 Å². The van der Waals surface area contributed by atoms with E-state index in [0.717, 1.165) is 17.0 Å². The number of aromatic nitrogens is 4. The Kier molecular flexibility index (Phi) is 4.35. The first kappa shape index (κ1) is 14.9. The quantitative estimate of drug-likeness (QED) is 0.493. The fourth-order valence-electron chi connectivity index (χ4n) is 1.57. The zero-order valence-corrected chi connectivity index (χ0v) is 13.1. The second-order valence-electron chi connectivity index (χ2n) is 4.30. The van der Waals surface area contributed by atoms with Crippen LogP contribution in [-0.4, -0.2) is 26.2 Å². The Morgan fingerprint density at radius 2 is 1.60 bits per heavy atom. The first-order chi connectivity index (χ1) is 9.42. The van der Waals surface area contributed by atoms with Gasteiger partial charge in [-0.15, -0.1) is 0 Å². The van der Waals surface area contributed by atoms with Gasteiger partial charge in [0, 0.05) is 11.4 Å². The molecule has 0 aromatic carbocycles. The molecule has 0 N–H and O–H groups in total. The Bertz CT molecular complexity index is 667. The highest BCUT2D eigenvalue weighted by atomic mass is 35.5. The normalized spacial score (nSPS) is 10.7. The standard InChI is InChI=1S/C13H13ClN4OS/c1-6-7(2)15-13(16-8(6)3)20-12-10(5-19)11(14)17-9(4)18-12/h5H,1-4H3. The molecule has 20 heavy (non-hydrogen) atoms. The molecule has 0 fully saturated rings. The molecule has 2 aromatic rings. The van der Waals surface area contributed by atoms with Crippen molar-refractivity contribution in [2.75, 3.05) is 0 Å². The van der Waals surface area contributed by atoms with E-state index in [4.69, 9.17) is 11.6 Å². The number of aldehydes is 1. The van der Waals surface area contributed by atoms with Crippen molar-refractivity contribution in [3.63, 3.8) is 0 Å². The minimum absolute atomic E-state index is 0.149. The molecule has 0 aliphatic heterocycles. The largest absolute Gasteiger partial charge is 0.298 e. The topological polar surface area (TPSA) is 68.6 Å². The van der Waals surface area contributed by atoms with Crippen LogP contribution in [0, 0.1) is 27.7 Å². The number of hydrogen-bond donors (Lipinski definition) is 0. The lowest BCUT2D eigenvalue weighted by Crippen LogP contribution is -2.01. The van der Waals surface area contributed by atoms with Gasteiger partial charge in [-0.3, -0.25) is 4.79 Å². The van der Waals surface area contributed by atoms with Gasteiger partial charge in [-0.1, -0.05) is 11.6 Å². The summed E-state index contributed by atoms with van der Waals surface area (Å²) >= 11 is 7.17. The SMILES string of the molecule is Cc1nc(Cl)c(C=O)c(Sc2nc(C)c(C)c(C)n2)n1. The molecule has 7 heteroatoms. The molecule has 2 aromatic heterocycles. The summed E-state index contributed by atoms with van der Waals surface area (Å²) in [6, 6.07) is 0. The molecule has 2 rings (SSSR count). The molecule has 0 unspecified atom stereocenters. The second-order valence-corrected chi connectivity index (χ2v) is 5.62. The van der Waals surface area contributed by atoms with Crippen LogP contribution >= 0.6 is 23.4 Å². The summed E-state index contributed by atoms with van der Waals surface area (Å²) in [5.41, 5.74) is 3.14. The maximum atomic E-state index is 11.1. The Hall–Kier alpha value is -1.53. The van der Waals surface area contributed by atoms with Gasteiger partial charge in [0.2, 0.25) is 0 Å². The van der Waals surface area contributed by atoms with Crippen molar-refractivity contribution in [1.82, 2.24) is 19.9 Å². The molecular weight excluding hydrogens is 296 g/mol. The third kappa shape index (κ3) is 2.96. The Morgan fingerprint density at radius 1 is 1.00 bits per heavy atom. The summed E-state index contributed by atoms with van der Waals surface area (Å²) < 4.78 is 0. The average Bonchev–Trinajstić information content (AvgIpc) is 2.35. The number of aryl methyl sites for hydroxylation is 3. The number of halogens is 1. The van der Waals surface area contributed by atoms with Crippen LogP contribution in [0.25, 0.3) is 0 Å². The maximum absolute atomic E-state index is 11.1. The lowest BCUT2D eigenvalue weighted by atomic mass is 10.2. The van der Waals surface area contributed by atoms with E-state index < -0.39 is 0 Å². The van der Waals surface area contributed by atoms with Crippen LogP contribution in [0.5, 0.6) is 0 Å². The van der Waals surface area contributed by atoms with Gasteiger partial charge < -0.3 is 0 Å². The lowest BCUT2D eigenvalue weighted by Gasteiger charge is -2.08. The van der Waals surface area contributed by atoms with Gasteiger partial charge in [0.15, 0.2) is 11.4 Å². The molecule has 0 atom stereocenters. The van der Waals surface area contributed by atoms with E-state index >= 15 is 0 Å². The molecule has 0 saturated carbocycles. The van der Waals surface area contributed by atoms with Gasteiger partial charge in [0.1, 0.15) is 16.0 Å². The molecule has 0 aliphatic rings. The summed E-state index contributed by atoms with van der Waals surface area (Å²) in [7, 11) is 0. The van der Waals surface area contributed by atoms with Crippen LogP contribution in [0.15, 0.2) is 10.2 Å². The minimum Gasteiger partial charge on any atom is -0.298 e. The molecule has 104 valence electrons. The summed E-state index contributed by atoms with van der Waals surface area (Å²) in [6.45, 7) is 7.54. The highest BCUT2D eigenvalue weighted by molar-refractivity contribution is 7.99.